The first-order valence-corrected chi connectivity index (χ1v) is 15.5. The van der Waals surface area contributed by atoms with E-state index in [1.807, 2.05) is 67.6 Å². The van der Waals surface area contributed by atoms with Gasteiger partial charge in [0.25, 0.3) is 11.1 Å². The van der Waals surface area contributed by atoms with Gasteiger partial charge in [0.1, 0.15) is 11.5 Å². The molecule has 0 aliphatic carbocycles. The molecule has 0 radical (unpaired) electrons. The molecule has 0 aliphatic rings. The zero-order chi connectivity index (χ0) is 32.4. The summed E-state index contributed by atoms with van der Waals surface area (Å²) < 4.78 is 14.8. The van der Waals surface area contributed by atoms with Crippen LogP contribution in [0.15, 0.2) is 105 Å². The molecule has 0 saturated carbocycles. The van der Waals surface area contributed by atoms with Crippen molar-refractivity contribution >= 4 is 17.6 Å². The number of aryl methyl sites for hydroxylation is 2. The Balaban J connectivity index is 1.49. The van der Waals surface area contributed by atoms with E-state index in [9.17, 15) is 14.4 Å². The number of aromatic amines is 2. The zero-order valence-corrected chi connectivity index (χ0v) is 26.4. The van der Waals surface area contributed by atoms with Crippen molar-refractivity contribution in [2.45, 2.75) is 39.5 Å². The standard InChI is InChI=1S/C36H33ClN4O5/c1-4-5-20-45-36(44)27-21-24(16-17-28(27)37)29-18-19-30(46-29)33(31-22(2)38-40(34(31)42)25-12-8-6-9-13-25)32-23(3)39-41(35(32)43)26-14-10-7-11-15-26/h6-19,21,33,38-39H,4-5,20H2,1-3H3. The number of carbonyl (C=O) groups is 1. The minimum atomic E-state index is -0.859. The number of ether oxygens (including phenoxy) is 1. The summed E-state index contributed by atoms with van der Waals surface area (Å²) in [6.07, 6.45) is 1.65. The number of rotatable bonds is 10. The van der Waals surface area contributed by atoms with E-state index in [0.717, 1.165) is 12.8 Å². The average Bonchev–Trinajstić information content (AvgIpc) is 3.75. The van der Waals surface area contributed by atoms with E-state index in [-0.39, 0.29) is 21.7 Å². The van der Waals surface area contributed by atoms with Crippen LogP contribution in [0.1, 0.15) is 64.3 Å². The predicted molar refractivity (Wildman–Crippen MR) is 178 cm³/mol. The summed E-state index contributed by atoms with van der Waals surface area (Å²) in [7, 11) is 0. The summed E-state index contributed by atoms with van der Waals surface area (Å²) in [5.74, 6) is -0.552. The minimum Gasteiger partial charge on any atom is -0.462 e. The number of nitrogens with zero attached hydrogens (tertiary/aromatic N) is 2. The maximum Gasteiger partial charge on any atom is 0.339 e. The summed E-state index contributed by atoms with van der Waals surface area (Å²) >= 11 is 6.37. The second-order valence-electron chi connectivity index (χ2n) is 11.1. The molecule has 0 aliphatic heterocycles. The van der Waals surface area contributed by atoms with Crippen LogP contribution in [0, 0.1) is 13.8 Å². The van der Waals surface area contributed by atoms with Gasteiger partial charge in [-0.15, -0.1) is 0 Å². The summed E-state index contributed by atoms with van der Waals surface area (Å²) in [5.41, 5.74) is 3.46. The number of benzene rings is 3. The second kappa shape index (κ2) is 13.0. The zero-order valence-electron chi connectivity index (χ0n) is 25.7. The SMILES string of the molecule is CCCCOC(=O)c1cc(-c2ccc(C(c3c(C)[nH]n(-c4ccccc4)c3=O)c3c(C)[nH]n(-c4ccccc4)c3=O)o2)ccc1Cl. The van der Waals surface area contributed by atoms with E-state index in [1.165, 1.54) is 9.36 Å². The quantitative estimate of drug-likeness (QED) is 0.121. The lowest BCUT2D eigenvalue weighted by Crippen LogP contribution is -2.25. The molecule has 0 atom stereocenters. The van der Waals surface area contributed by atoms with Gasteiger partial charge in [0.2, 0.25) is 0 Å². The van der Waals surface area contributed by atoms with E-state index < -0.39 is 11.9 Å². The Morgan fingerprint density at radius 1 is 0.826 bits per heavy atom. The van der Waals surface area contributed by atoms with E-state index in [2.05, 4.69) is 10.2 Å². The maximum atomic E-state index is 14.1. The van der Waals surface area contributed by atoms with Crippen molar-refractivity contribution in [3.8, 4) is 22.7 Å². The number of H-pyrrole nitrogens is 2. The van der Waals surface area contributed by atoms with Gasteiger partial charge in [0.15, 0.2) is 0 Å². The van der Waals surface area contributed by atoms with Gasteiger partial charge in [-0.25, -0.2) is 14.2 Å². The van der Waals surface area contributed by atoms with Crippen molar-refractivity contribution < 1.29 is 13.9 Å². The molecule has 2 N–H and O–H groups in total. The Hall–Kier alpha value is -5.28. The predicted octanol–water partition coefficient (Wildman–Crippen LogP) is 7.31. The van der Waals surface area contributed by atoms with Crippen LogP contribution >= 0.6 is 11.6 Å². The summed E-state index contributed by atoms with van der Waals surface area (Å²) in [6, 6.07) is 27.0. The smallest absolute Gasteiger partial charge is 0.339 e. The molecule has 6 rings (SSSR count). The van der Waals surface area contributed by atoms with Gasteiger partial charge >= 0.3 is 5.97 Å². The maximum absolute atomic E-state index is 14.1. The van der Waals surface area contributed by atoms with Crippen molar-refractivity contribution in [1.29, 1.82) is 0 Å². The summed E-state index contributed by atoms with van der Waals surface area (Å²) in [5, 5.41) is 6.65. The van der Waals surface area contributed by atoms with Gasteiger partial charge in [0, 0.05) is 17.0 Å². The lowest BCUT2D eigenvalue weighted by atomic mass is 9.89. The summed E-state index contributed by atoms with van der Waals surface area (Å²) in [6.45, 7) is 5.93. The minimum absolute atomic E-state index is 0.226. The van der Waals surface area contributed by atoms with E-state index in [4.69, 9.17) is 20.8 Å². The first kappa shape index (κ1) is 30.7. The highest BCUT2D eigenvalue weighted by molar-refractivity contribution is 6.33. The van der Waals surface area contributed by atoms with Gasteiger partial charge in [-0.1, -0.05) is 61.3 Å². The molecule has 6 aromatic rings. The molecule has 0 amide bonds. The molecule has 3 aromatic carbocycles. The van der Waals surface area contributed by atoms with Crippen molar-refractivity contribution in [2.75, 3.05) is 6.61 Å². The van der Waals surface area contributed by atoms with Crippen LogP contribution in [0.25, 0.3) is 22.7 Å². The topological polar surface area (TPSA) is 115 Å². The number of aromatic nitrogens is 4. The van der Waals surface area contributed by atoms with Crippen molar-refractivity contribution in [2.24, 2.45) is 0 Å². The number of para-hydroxylation sites is 2. The lowest BCUT2D eigenvalue weighted by molar-refractivity contribution is 0.0500. The number of nitrogens with one attached hydrogen (secondary N) is 2. The fraction of sp³-hybridized carbons (Fsp3) is 0.194. The normalized spacial score (nSPS) is 11.3. The molecule has 234 valence electrons. The highest BCUT2D eigenvalue weighted by Gasteiger charge is 2.33. The molecule has 3 aromatic heterocycles. The van der Waals surface area contributed by atoms with Gasteiger partial charge in [-0.05, 0) is 74.9 Å². The van der Waals surface area contributed by atoms with Gasteiger partial charge in [-0.2, -0.15) is 0 Å². The fourth-order valence-electron chi connectivity index (χ4n) is 5.63. The molecular weight excluding hydrogens is 604 g/mol. The van der Waals surface area contributed by atoms with Crippen LogP contribution in [0.3, 0.4) is 0 Å². The van der Waals surface area contributed by atoms with Gasteiger partial charge < -0.3 is 9.15 Å². The molecule has 3 heterocycles. The third-order valence-corrected chi connectivity index (χ3v) is 8.28. The molecule has 46 heavy (non-hydrogen) atoms. The third kappa shape index (κ3) is 5.77. The van der Waals surface area contributed by atoms with Gasteiger partial charge in [0.05, 0.1) is 45.6 Å². The van der Waals surface area contributed by atoms with Crippen LogP contribution in [-0.2, 0) is 4.74 Å². The Morgan fingerprint density at radius 3 is 1.93 bits per heavy atom. The molecule has 0 spiro atoms. The Kier molecular flexibility index (Phi) is 8.68. The van der Waals surface area contributed by atoms with Crippen LogP contribution in [0.4, 0.5) is 0 Å². The van der Waals surface area contributed by atoms with E-state index in [0.29, 0.717) is 57.6 Å². The van der Waals surface area contributed by atoms with Crippen molar-refractivity contribution in [3.05, 3.63) is 151 Å². The molecule has 0 unspecified atom stereocenters. The molecule has 0 bridgehead atoms. The lowest BCUT2D eigenvalue weighted by Gasteiger charge is -2.13. The molecule has 0 saturated heterocycles. The van der Waals surface area contributed by atoms with Crippen molar-refractivity contribution in [3.63, 3.8) is 0 Å². The van der Waals surface area contributed by atoms with E-state index in [1.54, 1.807) is 44.2 Å². The number of carbonyl (C=O) groups excluding carboxylic acids is 1. The highest BCUT2D eigenvalue weighted by atomic mass is 35.5. The second-order valence-corrected chi connectivity index (χ2v) is 11.5. The number of halogens is 1. The molecule has 10 heteroatoms. The first-order valence-electron chi connectivity index (χ1n) is 15.1. The monoisotopic (exact) mass is 636 g/mol. The molecule has 0 fully saturated rings. The van der Waals surface area contributed by atoms with Gasteiger partial charge in [-0.3, -0.25) is 19.8 Å². The number of esters is 1. The number of furan rings is 1. The highest BCUT2D eigenvalue weighted by Crippen LogP contribution is 2.36. The largest absolute Gasteiger partial charge is 0.462 e. The van der Waals surface area contributed by atoms with Crippen molar-refractivity contribution in [1.82, 2.24) is 19.6 Å². The number of unbranched alkanes of at least 4 members (excludes halogenated alkanes) is 1. The Labute approximate surface area is 270 Å². The Bertz CT molecular complexity index is 2020. The molecular formula is C36H33ClN4O5. The first-order chi connectivity index (χ1) is 22.3. The van der Waals surface area contributed by atoms with Crippen LogP contribution in [0.5, 0.6) is 0 Å². The third-order valence-electron chi connectivity index (χ3n) is 7.95. The molecule has 9 nitrogen and oxygen atoms in total. The Morgan fingerprint density at radius 2 is 1.39 bits per heavy atom. The average molecular weight is 637 g/mol. The number of hydrogen-bond donors (Lipinski definition) is 2. The van der Waals surface area contributed by atoms with Crippen LogP contribution < -0.4 is 11.1 Å². The van der Waals surface area contributed by atoms with Crippen LogP contribution in [-0.4, -0.2) is 32.1 Å². The fourth-order valence-corrected chi connectivity index (χ4v) is 5.83. The van der Waals surface area contributed by atoms with Crippen LogP contribution in [0.2, 0.25) is 5.02 Å². The van der Waals surface area contributed by atoms with E-state index >= 15 is 0 Å². The number of hydrogen-bond acceptors (Lipinski definition) is 5. The summed E-state index contributed by atoms with van der Waals surface area (Å²) in [4.78, 5) is 41.0.